The maximum atomic E-state index is 12.2. The first kappa shape index (κ1) is 19.6. The Balaban J connectivity index is 1.68. The molecule has 1 fully saturated rings. The molecule has 1 saturated heterocycles. The molecule has 1 aliphatic heterocycles. The molecule has 2 heterocycles. The van der Waals surface area contributed by atoms with Crippen LogP contribution in [-0.4, -0.2) is 46.3 Å². The molecule has 0 bridgehead atoms. The first-order valence-corrected chi connectivity index (χ1v) is 9.20. The van der Waals surface area contributed by atoms with Crippen LogP contribution in [0.2, 0.25) is 0 Å². The summed E-state index contributed by atoms with van der Waals surface area (Å²) in [7, 11) is 0. The molecular formula is C19H31N3O3. The lowest BCUT2D eigenvalue weighted by molar-refractivity contribution is 0.0148. The molecule has 2 atom stereocenters. The zero-order valence-electron chi connectivity index (χ0n) is 15.9. The molecule has 0 radical (unpaired) electrons. The van der Waals surface area contributed by atoms with E-state index >= 15 is 0 Å². The molecule has 1 amide bonds. The summed E-state index contributed by atoms with van der Waals surface area (Å²) in [6, 6.07) is 0. The van der Waals surface area contributed by atoms with Crippen molar-refractivity contribution in [1.82, 2.24) is 14.9 Å². The fraction of sp³-hybridized carbons (Fsp3) is 0.737. The van der Waals surface area contributed by atoms with Crippen molar-refractivity contribution < 1.29 is 14.3 Å². The summed E-state index contributed by atoms with van der Waals surface area (Å²) < 4.78 is 11.3. The Morgan fingerprint density at radius 3 is 2.88 bits per heavy atom. The molecule has 1 aromatic heterocycles. The van der Waals surface area contributed by atoms with Crippen molar-refractivity contribution in [2.24, 2.45) is 5.92 Å². The second-order valence-electron chi connectivity index (χ2n) is 7.72. The molecule has 6 nitrogen and oxygen atoms in total. The van der Waals surface area contributed by atoms with Crippen molar-refractivity contribution in [3.05, 3.63) is 24.3 Å². The molecule has 0 unspecified atom stereocenters. The first-order valence-electron chi connectivity index (χ1n) is 9.20. The zero-order chi connectivity index (χ0) is 18.3. The number of hydrogen-bond donors (Lipinski definition) is 0. The summed E-state index contributed by atoms with van der Waals surface area (Å²) in [5.74, 6) is 0.525. The molecule has 6 heteroatoms. The standard InChI is InChI=1S/C19H31N3O3/c1-15(17-13-20-9-10-21-17)24-12-6-8-16-7-5-11-22(14-16)18(23)25-19(2,3)4/h9-10,13,15-16H,5-8,11-12,14H2,1-4H3/t15-,16-/m1/s1. The third kappa shape index (κ3) is 6.98. The van der Waals surface area contributed by atoms with Gasteiger partial charge in [-0.25, -0.2) is 4.79 Å². The number of carbonyl (C=O) groups excluding carboxylic acids is 1. The van der Waals surface area contributed by atoms with Crippen LogP contribution in [0.15, 0.2) is 18.6 Å². The van der Waals surface area contributed by atoms with E-state index in [1.807, 2.05) is 32.6 Å². The first-order chi connectivity index (χ1) is 11.8. The van der Waals surface area contributed by atoms with Gasteiger partial charge >= 0.3 is 6.09 Å². The molecular weight excluding hydrogens is 318 g/mol. The number of hydrogen-bond acceptors (Lipinski definition) is 5. The summed E-state index contributed by atoms with van der Waals surface area (Å²) in [5, 5.41) is 0. The average Bonchev–Trinajstić information content (AvgIpc) is 2.58. The van der Waals surface area contributed by atoms with E-state index in [4.69, 9.17) is 9.47 Å². The maximum absolute atomic E-state index is 12.2. The van der Waals surface area contributed by atoms with Gasteiger partial charge in [-0.1, -0.05) is 0 Å². The third-order valence-corrected chi connectivity index (χ3v) is 4.29. The molecule has 1 aromatic rings. The van der Waals surface area contributed by atoms with Crippen molar-refractivity contribution in [2.75, 3.05) is 19.7 Å². The highest BCUT2D eigenvalue weighted by Gasteiger charge is 2.27. The van der Waals surface area contributed by atoms with E-state index < -0.39 is 5.60 Å². The Kier molecular flexibility index (Phi) is 7.17. The lowest BCUT2D eigenvalue weighted by atomic mass is 9.94. The Hall–Kier alpha value is -1.69. The fourth-order valence-electron chi connectivity index (χ4n) is 3.03. The number of carbonyl (C=O) groups is 1. The Morgan fingerprint density at radius 2 is 2.20 bits per heavy atom. The summed E-state index contributed by atoms with van der Waals surface area (Å²) in [4.78, 5) is 22.4. The molecule has 140 valence electrons. The summed E-state index contributed by atoms with van der Waals surface area (Å²) in [5.41, 5.74) is 0.421. The van der Waals surface area contributed by atoms with Crippen molar-refractivity contribution in [2.45, 2.75) is 65.1 Å². The normalized spacial score (nSPS) is 19.5. The maximum Gasteiger partial charge on any atom is 0.410 e. The minimum atomic E-state index is -0.436. The van der Waals surface area contributed by atoms with E-state index in [1.54, 1.807) is 18.6 Å². The number of nitrogens with zero attached hydrogens (tertiary/aromatic N) is 3. The van der Waals surface area contributed by atoms with Crippen molar-refractivity contribution in [1.29, 1.82) is 0 Å². The third-order valence-electron chi connectivity index (χ3n) is 4.29. The predicted octanol–water partition coefficient (Wildman–Crippen LogP) is 3.98. The fourth-order valence-corrected chi connectivity index (χ4v) is 3.03. The second-order valence-corrected chi connectivity index (χ2v) is 7.72. The quantitative estimate of drug-likeness (QED) is 0.727. The van der Waals surface area contributed by atoms with Gasteiger partial charge in [-0.2, -0.15) is 0 Å². The molecule has 0 aromatic carbocycles. The Labute approximate surface area is 150 Å². The van der Waals surface area contributed by atoms with Gasteiger partial charge in [0.05, 0.1) is 18.0 Å². The van der Waals surface area contributed by atoms with E-state index in [-0.39, 0.29) is 12.2 Å². The zero-order valence-corrected chi connectivity index (χ0v) is 15.9. The van der Waals surface area contributed by atoms with Crippen LogP contribution in [0, 0.1) is 5.92 Å². The molecule has 0 spiro atoms. The van der Waals surface area contributed by atoms with Crippen LogP contribution in [0.5, 0.6) is 0 Å². The highest BCUT2D eigenvalue weighted by molar-refractivity contribution is 5.68. The number of ether oxygens (including phenoxy) is 2. The monoisotopic (exact) mass is 349 g/mol. The molecule has 0 saturated carbocycles. The van der Waals surface area contributed by atoms with E-state index in [0.29, 0.717) is 12.5 Å². The number of likely N-dealkylation sites (tertiary alicyclic amines) is 1. The summed E-state index contributed by atoms with van der Waals surface area (Å²) >= 11 is 0. The van der Waals surface area contributed by atoms with Gasteiger partial charge in [-0.15, -0.1) is 0 Å². The van der Waals surface area contributed by atoms with Gasteiger partial charge in [0.15, 0.2) is 0 Å². The second kappa shape index (κ2) is 9.13. The minimum Gasteiger partial charge on any atom is -0.444 e. The van der Waals surface area contributed by atoms with E-state index in [0.717, 1.165) is 38.0 Å². The van der Waals surface area contributed by atoms with Gasteiger partial charge in [-0.3, -0.25) is 9.97 Å². The van der Waals surface area contributed by atoms with Crippen molar-refractivity contribution in [3.63, 3.8) is 0 Å². The van der Waals surface area contributed by atoms with Crippen LogP contribution >= 0.6 is 0 Å². The van der Waals surface area contributed by atoms with E-state index in [9.17, 15) is 4.79 Å². The number of piperidine rings is 1. The lowest BCUT2D eigenvalue weighted by Gasteiger charge is -2.34. The van der Waals surface area contributed by atoms with Gasteiger partial charge in [0, 0.05) is 32.1 Å². The predicted molar refractivity (Wildman–Crippen MR) is 96.2 cm³/mol. The van der Waals surface area contributed by atoms with Gasteiger partial charge in [-0.05, 0) is 59.3 Å². The van der Waals surface area contributed by atoms with Crippen molar-refractivity contribution >= 4 is 6.09 Å². The SMILES string of the molecule is C[C@@H](OCCC[C@H]1CCCN(C(=O)OC(C)(C)C)C1)c1cnccn1. The summed E-state index contributed by atoms with van der Waals surface area (Å²) in [6.07, 6.45) is 9.11. The van der Waals surface area contributed by atoms with Crippen LogP contribution in [0.3, 0.4) is 0 Å². The minimum absolute atomic E-state index is 0.0432. The number of rotatable bonds is 6. The lowest BCUT2D eigenvalue weighted by Crippen LogP contribution is -2.42. The van der Waals surface area contributed by atoms with Crippen molar-refractivity contribution in [3.8, 4) is 0 Å². The highest BCUT2D eigenvalue weighted by atomic mass is 16.6. The van der Waals surface area contributed by atoms with Crippen LogP contribution < -0.4 is 0 Å². The molecule has 1 aliphatic rings. The molecule has 2 rings (SSSR count). The number of aromatic nitrogens is 2. The smallest absolute Gasteiger partial charge is 0.410 e. The molecule has 0 aliphatic carbocycles. The van der Waals surface area contributed by atoms with Gasteiger partial charge in [0.2, 0.25) is 0 Å². The van der Waals surface area contributed by atoms with Gasteiger partial charge in [0.1, 0.15) is 5.60 Å². The van der Waals surface area contributed by atoms with Crippen LogP contribution in [0.25, 0.3) is 0 Å². The largest absolute Gasteiger partial charge is 0.444 e. The van der Waals surface area contributed by atoms with Crippen LogP contribution in [-0.2, 0) is 9.47 Å². The average molecular weight is 349 g/mol. The molecule has 25 heavy (non-hydrogen) atoms. The van der Waals surface area contributed by atoms with E-state index in [1.165, 1.54) is 6.42 Å². The highest BCUT2D eigenvalue weighted by Crippen LogP contribution is 2.23. The Morgan fingerprint density at radius 1 is 1.40 bits per heavy atom. The van der Waals surface area contributed by atoms with E-state index in [2.05, 4.69) is 9.97 Å². The number of amides is 1. The van der Waals surface area contributed by atoms with Gasteiger partial charge in [0.25, 0.3) is 0 Å². The molecule has 0 N–H and O–H groups in total. The van der Waals surface area contributed by atoms with Crippen LogP contribution in [0.4, 0.5) is 4.79 Å². The Bertz CT molecular complexity index is 530. The van der Waals surface area contributed by atoms with Gasteiger partial charge < -0.3 is 14.4 Å². The van der Waals surface area contributed by atoms with Crippen LogP contribution in [0.1, 0.15) is 65.2 Å². The summed E-state index contributed by atoms with van der Waals surface area (Å²) in [6.45, 7) is 9.99. The topological polar surface area (TPSA) is 64.5 Å².